The van der Waals surface area contributed by atoms with Gasteiger partial charge in [-0.05, 0) is 62.7 Å². The van der Waals surface area contributed by atoms with E-state index in [1.54, 1.807) is 0 Å². The molecule has 0 atom stereocenters. The number of nitriles is 3. The number of aromatic nitrogens is 1. The quantitative estimate of drug-likeness (QED) is 0.138. The highest BCUT2D eigenvalue weighted by atomic mass is 28.3. The lowest BCUT2D eigenvalue weighted by molar-refractivity contribution is 1.17. The molecule has 0 fully saturated rings. The fourth-order valence-corrected chi connectivity index (χ4v) is 12.5. The molecule has 7 aromatic carbocycles. The first-order valence-electron chi connectivity index (χ1n) is 16.4. The Labute approximate surface area is 291 Å². The van der Waals surface area contributed by atoms with E-state index in [-0.39, 0.29) is 0 Å². The molecule has 0 N–H and O–H groups in total. The third-order valence-corrected chi connectivity index (χ3v) is 14.5. The van der Waals surface area contributed by atoms with E-state index in [1.807, 2.05) is 78.9 Å². The van der Waals surface area contributed by atoms with Gasteiger partial charge in [-0.2, -0.15) is 15.8 Å². The van der Waals surface area contributed by atoms with E-state index in [0.717, 1.165) is 43.8 Å². The van der Waals surface area contributed by atoms with Gasteiger partial charge in [-0.25, -0.2) is 0 Å². The second-order valence-corrected chi connectivity index (χ2v) is 16.0. The Morgan fingerprint density at radius 1 is 0.460 bits per heavy atom. The Hall–Kier alpha value is -6.97. The number of para-hydroxylation sites is 1. The predicted molar refractivity (Wildman–Crippen MR) is 204 cm³/mol. The molecular weight excluding hydrogens is 625 g/mol. The minimum Gasteiger partial charge on any atom is -0.308 e. The largest absolute Gasteiger partial charge is 0.308 e. The first kappa shape index (κ1) is 30.4. The fourth-order valence-electron chi connectivity index (χ4n) is 7.54. The van der Waals surface area contributed by atoms with Gasteiger partial charge >= 0.3 is 0 Å². The molecule has 0 amide bonds. The number of hydrogen-bond donors (Lipinski definition) is 0. The van der Waals surface area contributed by atoms with Crippen LogP contribution in [-0.4, -0.2) is 12.6 Å². The number of hydrogen-bond acceptors (Lipinski definition) is 3. The van der Waals surface area contributed by atoms with Gasteiger partial charge in [-0.15, -0.1) is 0 Å². The summed E-state index contributed by atoms with van der Waals surface area (Å²) < 4.78 is 2.12. The van der Waals surface area contributed by atoms with E-state index in [0.29, 0.717) is 16.7 Å². The zero-order valence-electron chi connectivity index (χ0n) is 27.0. The second kappa shape index (κ2) is 12.6. The van der Waals surface area contributed by atoms with Crippen LogP contribution < -0.4 is 20.7 Å². The van der Waals surface area contributed by atoms with Crippen LogP contribution in [0.2, 0.25) is 0 Å². The normalized spacial score (nSPS) is 11.1. The summed E-state index contributed by atoms with van der Waals surface area (Å²) in [6.45, 7) is 0. The van der Waals surface area contributed by atoms with Crippen LogP contribution in [0.15, 0.2) is 170 Å². The molecular formula is C45H28N4Si. The maximum Gasteiger partial charge on any atom is 0.180 e. The highest BCUT2D eigenvalue weighted by Crippen LogP contribution is 2.36. The van der Waals surface area contributed by atoms with Crippen molar-refractivity contribution in [1.82, 2.24) is 4.57 Å². The third kappa shape index (κ3) is 4.72. The van der Waals surface area contributed by atoms with E-state index in [2.05, 4.69) is 114 Å². The molecule has 0 unspecified atom stereocenters. The second-order valence-electron chi connectivity index (χ2n) is 12.2. The highest BCUT2D eigenvalue weighted by molar-refractivity contribution is 7.20. The van der Waals surface area contributed by atoms with E-state index >= 15 is 0 Å². The number of benzene rings is 7. The van der Waals surface area contributed by atoms with E-state index in [4.69, 9.17) is 0 Å². The summed E-state index contributed by atoms with van der Waals surface area (Å²) >= 11 is 0. The molecule has 5 heteroatoms. The summed E-state index contributed by atoms with van der Waals surface area (Å²) in [4.78, 5) is 0. The van der Waals surface area contributed by atoms with Crippen molar-refractivity contribution in [2.45, 2.75) is 0 Å². The SMILES string of the molecule is N#Cc1ccc2c(c1)c1ccccc1n2-c1cccc(-c2ccc(C#N)c([Si](c3ccccc3)(c3ccccc3)c3ccccc3)c2)c1C#N. The third-order valence-electron chi connectivity index (χ3n) is 9.67. The molecule has 0 aliphatic carbocycles. The van der Waals surface area contributed by atoms with Crippen molar-refractivity contribution < 1.29 is 0 Å². The van der Waals surface area contributed by atoms with Crippen molar-refractivity contribution in [3.63, 3.8) is 0 Å². The van der Waals surface area contributed by atoms with Crippen molar-refractivity contribution in [3.8, 4) is 35.0 Å². The molecule has 50 heavy (non-hydrogen) atoms. The van der Waals surface area contributed by atoms with Crippen molar-refractivity contribution in [3.05, 3.63) is 187 Å². The average Bonchev–Trinajstić information content (AvgIpc) is 3.52. The van der Waals surface area contributed by atoms with Crippen LogP contribution in [0.5, 0.6) is 0 Å². The van der Waals surface area contributed by atoms with Gasteiger partial charge in [0.1, 0.15) is 6.07 Å². The van der Waals surface area contributed by atoms with Crippen LogP contribution in [0.25, 0.3) is 38.6 Å². The first-order chi connectivity index (χ1) is 24.7. The standard InChI is InChI=1S/C45H28N4Si/c46-29-32-23-26-44-40(27-32)39-19-10-11-21-42(39)49(44)43-22-12-20-38(41(43)31-48)33-24-25-34(30-47)45(28-33)50(35-13-4-1-5-14-35,36-15-6-2-7-16-36)37-17-8-3-9-18-37/h1-28H. The molecule has 0 aliphatic rings. The lowest BCUT2D eigenvalue weighted by Crippen LogP contribution is -2.75. The van der Waals surface area contributed by atoms with Crippen LogP contribution in [0.3, 0.4) is 0 Å². The van der Waals surface area contributed by atoms with Gasteiger partial charge in [0.15, 0.2) is 8.07 Å². The molecule has 0 bridgehead atoms. The summed E-state index contributed by atoms with van der Waals surface area (Å²) in [5.41, 5.74) is 6.01. The Kier molecular flexibility index (Phi) is 7.63. The summed E-state index contributed by atoms with van der Waals surface area (Å²) in [6, 6.07) is 64.8. The number of fused-ring (bicyclic) bond motifs is 3. The summed E-state index contributed by atoms with van der Waals surface area (Å²) in [7, 11) is -3.04. The predicted octanol–water partition coefficient (Wildman–Crippen LogP) is 7.44. The van der Waals surface area contributed by atoms with Crippen LogP contribution in [-0.2, 0) is 0 Å². The molecule has 232 valence electrons. The molecule has 0 saturated carbocycles. The lowest BCUT2D eigenvalue weighted by atomic mass is 9.97. The molecule has 8 aromatic rings. The monoisotopic (exact) mass is 652 g/mol. The van der Waals surface area contributed by atoms with Gasteiger partial charge in [0, 0.05) is 16.3 Å². The molecule has 1 aromatic heterocycles. The number of nitrogens with zero attached hydrogens (tertiary/aromatic N) is 4. The van der Waals surface area contributed by atoms with Gasteiger partial charge in [0.2, 0.25) is 0 Å². The zero-order chi connectivity index (χ0) is 34.1. The van der Waals surface area contributed by atoms with Gasteiger partial charge in [-0.3, -0.25) is 0 Å². The van der Waals surface area contributed by atoms with Crippen molar-refractivity contribution in [1.29, 1.82) is 15.8 Å². The van der Waals surface area contributed by atoms with Crippen LogP contribution in [0.1, 0.15) is 16.7 Å². The van der Waals surface area contributed by atoms with Gasteiger partial charge in [0.05, 0.1) is 45.5 Å². The smallest absolute Gasteiger partial charge is 0.180 e. The van der Waals surface area contributed by atoms with Crippen molar-refractivity contribution in [2.75, 3.05) is 0 Å². The Balaban J connectivity index is 1.43. The number of rotatable bonds is 6. The molecule has 0 saturated heterocycles. The Morgan fingerprint density at radius 2 is 1.06 bits per heavy atom. The van der Waals surface area contributed by atoms with Crippen LogP contribution in [0, 0.1) is 34.0 Å². The van der Waals surface area contributed by atoms with Crippen molar-refractivity contribution in [2.24, 2.45) is 0 Å². The Bertz CT molecular complexity index is 2580. The Morgan fingerprint density at radius 3 is 1.66 bits per heavy atom. The minimum atomic E-state index is -3.04. The molecule has 0 aliphatic heterocycles. The van der Waals surface area contributed by atoms with E-state index < -0.39 is 8.07 Å². The van der Waals surface area contributed by atoms with Crippen LogP contribution >= 0.6 is 0 Å². The maximum absolute atomic E-state index is 10.9. The fraction of sp³-hybridized carbons (Fsp3) is 0. The maximum atomic E-state index is 10.9. The first-order valence-corrected chi connectivity index (χ1v) is 18.4. The summed E-state index contributed by atoms with van der Waals surface area (Å²) in [5, 5.41) is 37.7. The highest BCUT2D eigenvalue weighted by Gasteiger charge is 2.43. The van der Waals surface area contributed by atoms with Gasteiger partial charge < -0.3 is 4.57 Å². The van der Waals surface area contributed by atoms with E-state index in [9.17, 15) is 15.8 Å². The van der Waals surface area contributed by atoms with Crippen LogP contribution in [0.4, 0.5) is 0 Å². The minimum absolute atomic E-state index is 0.529. The van der Waals surface area contributed by atoms with Gasteiger partial charge in [-0.1, -0.05) is 133 Å². The summed E-state index contributed by atoms with van der Waals surface area (Å²) in [6.07, 6.45) is 0. The zero-order valence-corrected chi connectivity index (χ0v) is 28.0. The lowest BCUT2D eigenvalue weighted by Gasteiger charge is -2.35. The van der Waals surface area contributed by atoms with E-state index in [1.165, 1.54) is 15.6 Å². The average molecular weight is 653 g/mol. The van der Waals surface area contributed by atoms with Gasteiger partial charge in [0.25, 0.3) is 0 Å². The van der Waals surface area contributed by atoms with Crippen molar-refractivity contribution >= 4 is 50.6 Å². The summed E-state index contributed by atoms with van der Waals surface area (Å²) in [5.74, 6) is 0. The molecule has 0 radical (unpaired) electrons. The topological polar surface area (TPSA) is 76.3 Å². The molecule has 8 rings (SSSR count). The molecule has 4 nitrogen and oxygen atoms in total. The molecule has 0 spiro atoms. The molecule has 1 heterocycles.